The summed E-state index contributed by atoms with van der Waals surface area (Å²) < 4.78 is 0. The standard InChI is InChI=1S/C24H27Cl2N5O2/c1-28-22-16(7-4-12-32)5-2-8-21(22)29-24(33)30-23(27)18-6-3-11-31(15-18)14-17-9-10-19(25)13-20(17)26/h2,4-5,7-10,12-13,18,28H,3,6,11,14-15H2,1H3,(H3,27,29,30,33)/b7-4-. The number of aldehydes is 1. The number of para-hydroxylation sites is 1. The molecule has 1 saturated heterocycles. The third-order valence-corrected chi connectivity index (χ3v) is 6.09. The minimum atomic E-state index is -0.543. The van der Waals surface area contributed by atoms with E-state index in [1.165, 1.54) is 6.08 Å². The molecule has 2 aromatic carbocycles. The highest BCUT2D eigenvalue weighted by molar-refractivity contribution is 6.35. The predicted octanol–water partition coefficient (Wildman–Crippen LogP) is 5.05. The lowest BCUT2D eigenvalue weighted by Gasteiger charge is -2.32. The van der Waals surface area contributed by atoms with Crippen LogP contribution < -0.4 is 16.4 Å². The third-order valence-electron chi connectivity index (χ3n) is 5.51. The molecule has 1 atom stereocenters. The SMILES string of the molecule is CNc1c(/C=C\C=O)cccc1NC(=O)/N=C(\N)C1CCCN(Cc2ccc(Cl)cc2Cl)C1. The molecule has 1 fully saturated rings. The van der Waals surface area contributed by atoms with Crippen molar-refractivity contribution in [3.05, 3.63) is 63.6 Å². The number of nitrogens with one attached hydrogen (secondary N) is 2. The summed E-state index contributed by atoms with van der Waals surface area (Å²) in [7, 11) is 1.74. The molecule has 1 heterocycles. The van der Waals surface area contributed by atoms with Gasteiger partial charge in [-0.15, -0.1) is 0 Å². The second kappa shape index (κ2) is 11.8. The van der Waals surface area contributed by atoms with Crippen LogP contribution in [0, 0.1) is 5.92 Å². The monoisotopic (exact) mass is 487 g/mol. The van der Waals surface area contributed by atoms with Crippen LogP contribution in [-0.4, -0.2) is 43.2 Å². The van der Waals surface area contributed by atoms with Crippen LogP contribution >= 0.6 is 23.2 Å². The van der Waals surface area contributed by atoms with Crippen molar-refractivity contribution in [3.8, 4) is 0 Å². The minimum absolute atomic E-state index is 0.0267. The highest BCUT2D eigenvalue weighted by atomic mass is 35.5. The molecule has 0 spiro atoms. The van der Waals surface area contributed by atoms with Crippen LogP contribution in [-0.2, 0) is 11.3 Å². The number of nitrogens with two attached hydrogens (primary N) is 1. The molecule has 7 nitrogen and oxygen atoms in total. The van der Waals surface area contributed by atoms with Crippen LogP contribution in [0.4, 0.5) is 16.2 Å². The Kier molecular flexibility index (Phi) is 8.88. The van der Waals surface area contributed by atoms with Crippen LogP contribution in [0.2, 0.25) is 10.0 Å². The molecule has 0 radical (unpaired) electrons. The molecule has 9 heteroatoms. The molecular formula is C24H27Cl2N5O2. The fourth-order valence-corrected chi connectivity index (χ4v) is 4.39. The predicted molar refractivity (Wildman–Crippen MR) is 136 cm³/mol. The van der Waals surface area contributed by atoms with Gasteiger partial charge < -0.3 is 16.4 Å². The maximum Gasteiger partial charge on any atom is 0.347 e. The van der Waals surface area contributed by atoms with Gasteiger partial charge in [-0.25, -0.2) is 4.79 Å². The van der Waals surface area contributed by atoms with Crippen molar-refractivity contribution in [2.24, 2.45) is 16.6 Å². The molecule has 4 N–H and O–H groups in total. The Morgan fingerprint density at radius 2 is 2.12 bits per heavy atom. The number of piperidine rings is 1. The molecule has 0 saturated carbocycles. The largest absolute Gasteiger partial charge is 0.387 e. The summed E-state index contributed by atoms with van der Waals surface area (Å²) in [5.41, 5.74) is 9.23. The number of urea groups is 1. The summed E-state index contributed by atoms with van der Waals surface area (Å²) in [6.07, 6.45) is 5.56. The molecule has 0 aliphatic carbocycles. The zero-order valence-corrected chi connectivity index (χ0v) is 19.9. The van der Waals surface area contributed by atoms with Gasteiger partial charge in [0.2, 0.25) is 0 Å². The number of halogens is 2. The number of carbonyl (C=O) groups excluding carboxylic acids is 2. The smallest absolute Gasteiger partial charge is 0.347 e. The fraction of sp³-hybridized carbons (Fsp3) is 0.292. The van der Waals surface area contributed by atoms with Crippen molar-refractivity contribution in [3.63, 3.8) is 0 Å². The number of anilines is 2. The molecule has 3 rings (SSSR count). The van der Waals surface area contributed by atoms with Crippen LogP contribution in [0.3, 0.4) is 0 Å². The van der Waals surface area contributed by atoms with Crippen molar-refractivity contribution in [2.75, 3.05) is 30.8 Å². The lowest BCUT2D eigenvalue weighted by molar-refractivity contribution is -0.104. The average Bonchev–Trinajstić information content (AvgIpc) is 2.79. The van der Waals surface area contributed by atoms with Gasteiger partial charge in [0.15, 0.2) is 0 Å². The fourth-order valence-electron chi connectivity index (χ4n) is 3.92. The van der Waals surface area contributed by atoms with Crippen LogP contribution in [0.5, 0.6) is 0 Å². The topological polar surface area (TPSA) is 99.8 Å². The summed E-state index contributed by atoms with van der Waals surface area (Å²) in [5, 5.41) is 7.06. The molecule has 0 bridgehead atoms. The van der Waals surface area contributed by atoms with Gasteiger partial charge in [0, 0.05) is 36.1 Å². The molecule has 2 amide bonds. The highest BCUT2D eigenvalue weighted by Crippen LogP contribution is 2.28. The minimum Gasteiger partial charge on any atom is -0.387 e. The number of carbonyl (C=O) groups is 2. The first kappa shape index (κ1) is 24.8. The van der Waals surface area contributed by atoms with Crippen LogP contribution in [0.1, 0.15) is 24.0 Å². The lowest BCUT2D eigenvalue weighted by atomic mass is 9.96. The zero-order chi connectivity index (χ0) is 23.8. The lowest BCUT2D eigenvalue weighted by Crippen LogP contribution is -2.41. The number of nitrogens with zero attached hydrogens (tertiary/aromatic N) is 2. The second-order valence-corrected chi connectivity index (χ2v) is 8.64. The van der Waals surface area contributed by atoms with Crippen molar-refractivity contribution in [1.82, 2.24) is 4.90 Å². The van der Waals surface area contributed by atoms with Crippen LogP contribution in [0.15, 0.2) is 47.5 Å². The number of rotatable bonds is 7. The van der Waals surface area contributed by atoms with Gasteiger partial charge in [-0.05, 0) is 60.9 Å². The van der Waals surface area contributed by atoms with Gasteiger partial charge in [-0.1, -0.05) is 41.4 Å². The van der Waals surface area contributed by atoms with Gasteiger partial charge >= 0.3 is 6.03 Å². The summed E-state index contributed by atoms with van der Waals surface area (Å²) in [6.45, 7) is 2.29. The number of allylic oxidation sites excluding steroid dienone is 1. The summed E-state index contributed by atoms with van der Waals surface area (Å²) in [6, 6.07) is 10.3. The molecule has 1 aliphatic heterocycles. The normalized spacial score (nSPS) is 17.2. The average molecular weight is 488 g/mol. The molecular weight excluding hydrogens is 461 g/mol. The Morgan fingerprint density at radius 1 is 1.30 bits per heavy atom. The Morgan fingerprint density at radius 3 is 2.85 bits per heavy atom. The molecule has 0 aromatic heterocycles. The number of hydrogen-bond donors (Lipinski definition) is 3. The van der Waals surface area contributed by atoms with Crippen molar-refractivity contribution in [2.45, 2.75) is 19.4 Å². The first-order valence-corrected chi connectivity index (χ1v) is 11.4. The first-order chi connectivity index (χ1) is 15.9. The number of hydrogen-bond acceptors (Lipinski definition) is 4. The Labute approximate surface area is 203 Å². The van der Waals surface area contributed by atoms with E-state index >= 15 is 0 Å². The van der Waals surface area contributed by atoms with E-state index in [9.17, 15) is 9.59 Å². The summed E-state index contributed by atoms with van der Waals surface area (Å²) in [4.78, 5) is 29.6. The number of amides is 2. The zero-order valence-electron chi connectivity index (χ0n) is 18.4. The summed E-state index contributed by atoms with van der Waals surface area (Å²) >= 11 is 12.3. The maximum atomic E-state index is 12.6. The summed E-state index contributed by atoms with van der Waals surface area (Å²) in [5.74, 6) is 0.281. The van der Waals surface area contributed by atoms with Crippen molar-refractivity contribution in [1.29, 1.82) is 0 Å². The Hall–Kier alpha value is -2.87. The van der Waals surface area contributed by atoms with Gasteiger partial charge in [-0.2, -0.15) is 4.99 Å². The second-order valence-electron chi connectivity index (χ2n) is 7.79. The molecule has 1 aliphatic rings. The van der Waals surface area contributed by atoms with E-state index in [0.717, 1.165) is 30.5 Å². The van der Waals surface area contributed by atoms with E-state index in [1.54, 1.807) is 31.3 Å². The quantitative estimate of drug-likeness (QED) is 0.219. The molecule has 33 heavy (non-hydrogen) atoms. The van der Waals surface area contributed by atoms with Crippen LogP contribution in [0.25, 0.3) is 6.08 Å². The van der Waals surface area contributed by atoms with E-state index < -0.39 is 6.03 Å². The molecule has 174 valence electrons. The number of aliphatic imine (C=N–C) groups is 1. The number of amidine groups is 1. The molecule has 2 aromatic rings. The van der Waals surface area contributed by atoms with Gasteiger partial charge in [-0.3, -0.25) is 9.69 Å². The van der Waals surface area contributed by atoms with Crippen molar-refractivity contribution < 1.29 is 9.59 Å². The third kappa shape index (κ3) is 6.81. The Balaban J connectivity index is 1.66. The van der Waals surface area contributed by atoms with E-state index in [2.05, 4.69) is 20.5 Å². The van der Waals surface area contributed by atoms with E-state index in [1.807, 2.05) is 18.2 Å². The first-order valence-electron chi connectivity index (χ1n) is 10.6. The van der Waals surface area contributed by atoms with E-state index in [-0.39, 0.29) is 5.92 Å². The van der Waals surface area contributed by atoms with Gasteiger partial charge in [0.05, 0.1) is 11.4 Å². The van der Waals surface area contributed by atoms with Gasteiger partial charge in [0.1, 0.15) is 12.1 Å². The number of likely N-dealkylation sites (tertiary alicyclic amines) is 1. The van der Waals surface area contributed by atoms with E-state index in [4.69, 9.17) is 28.9 Å². The Bertz CT molecular complexity index is 1070. The van der Waals surface area contributed by atoms with E-state index in [0.29, 0.717) is 46.6 Å². The number of benzene rings is 2. The van der Waals surface area contributed by atoms with Gasteiger partial charge in [0.25, 0.3) is 0 Å². The highest BCUT2D eigenvalue weighted by Gasteiger charge is 2.24. The van der Waals surface area contributed by atoms with Crippen molar-refractivity contribution >= 4 is 58.8 Å². The molecule has 1 unspecified atom stereocenters. The maximum absolute atomic E-state index is 12.6.